The number of aromatic nitrogens is 4. The highest BCUT2D eigenvalue weighted by molar-refractivity contribution is 5.85. The fourth-order valence-electron chi connectivity index (χ4n) is 5.29. The van der Waals surface area contributed by atoms with Crippen molar-refractivity contribution in [1.82, 2.24) is 29.3 Å². The van der Waals surface area contributed by atoms with Gasteiger partial charge in [0.2, 0.25) is 5.95 Å². The molecule has 0 atom stereocenters. The Morgan fingerprint density at radius 1 is 1.16 bits per heavy atom. The maximum atomic E-state index is 15.8. The van der Waals surface area contributed by atoms with E-state index >= 15 is 4.39 Å². The van der Waals surface area contributed by atoms with Gasteiger partial charge in [-0.1, -0.05) is 6.92 Å². The van der Waals surface area contributed by atoms with Crippen molar-refractivity contribution < 1.29 is 18.3 Å². The van der Waals surface area contributed by atoms with Crippen molar-refractivity contribution in [3.05, 3.63) is 42.0 Å². The largest absolute Gasteiger partial charge is 0.465 e. The predicted molar refractivity (Wildman–Crippen MR) is 135 cm³/mol. The first kappa shape index (κ1) is 25.3. The van der Waals surface area contributed by atoms with Gasteiger partial charge in [0.1, 0.15) is 5.82 Å². The van der Waals surface area contributed by atoms with Crippen LogP contribution in [-0.2, 0) is 11.3 Å². The molecule has 1 amide bonds. The average Bonchev–Trinajstić information content (AvgIpc) is 3.27. The zero-order chi connectivity index (χ0) is 26.0. The van der Waals surface area contributed by atoms with Gasteiger partial charge in [0, 0.05) is 75.6 Å². The minimum Gasteiger partial charge on any atom is -0.465 e. The molecule has 11 heteroatoms. The predicted octanol–water partition coefficient (Wildman–Crippen LogP) is 3.50. The smallest absolute Gasteiger partial charge is 0.297 e. The van der Waals surface area contributed by atoms with E-state index in [0.29, 0.717) is 63.7 Å². The van der Waals surface area contributed by atoms with Crippen LogP contribution < -0.4 is 10.5 Å². The molecule has 4 heterocycles. The summed E-state index contributed by atoms with van der Waals surface area (Å²) < 4.78 is 37.5. The number of piperidine rings is 2. The molecular weight excluding hydrogens is 480 g/mol. The van der Waals surface area contributed by atoms with Crippen LogP contribution in [0.15, 0.2) is 30.6 Å². The van der Waals surface area contributed by atoms with Crippen molar-refractivity contribution in [2.45, 2.75) is 57.3 Å². The standard InChI is InChI=1S/C26H33F2N7O2/c1-2-13-37-25-32-21-14-19(27)3-4-22(21)35(25)20-5-9-34(10-6-20)23(36)26(28)7-11-33(12-8-26)17-18-15-30-24(29)31-16-18/h3-4,14-16,20H,2,5-13,17H2,1H3,(H2,29,30,31). The molecule has 1 aromatic carbocycles. The molecule has 2 aromatic heterocycles. The number of rotatable bonds is 7. The van der Waals surface area contributed by atoms with Gasteiger partial charge in [0.15, 0.2) is 5.67 Å². The van der Waals surface area contributed by atoms with Gasteiger partial charge in [0.05, 0.1) is 17.6 Å². The van der Waals surface area contributed by atoms with E-state index in [9.17, 15) is 9.18 Å². The first-order valence-electron chi connectivity index (χ1n) is 12.9. The van der Waals surface area contributed by atoms with Gasteiger partial charge in [-0.2, -0.15) is 4.98 Å². The molecular formula is C26H33F2N7O2. The van der Waals surface area contributed by atoms with Gasteiger partial charge >= 0.3 is 0 Å². The number of carbonyl (C=O) groups excluding carboxylic acids is 1. The van der Waals surface area contributed by atoms with Crippen LogP contribution in [0.3, 0.4) is 0 Å². The third-order valence-corrected chi connectivity index (χ3v) is 7.33. The topological polar surface area (TPSA) is 102 Å². The summed E-state index contributed by atoms with van der Waals surface area (Å²) in [6.45, 7) is 5.00. The molecule has 3 aromatic rings. The van der Waals surface area contributed by atoms with Crippen LogP contribution in [-0.4, -0.2) is 73.7 Å². The molecule has 2 N–H and O–H groups in total. The number of alkyl halides is 1. The lowest BCUT2D eigenvalue weighted by atomic mass is 9.90. The van der Waals surface area contributed by atoms with Crippen LogP contribution in [0.5, 0.6) is 6.01 Å². The summed E-state index contributed by atoms with van der Waals surface area (Å²) >= 11 is 0. The highest BCUT2D eigenvalue weighted by Gasteiger charge is 2.45. The maximum Gasteiger partial charge on any atom is 0.297 e. The summed E-state index contributed by atoms with van der Waals surface area (Å²) in [6, 6.07) is 5.04. The molecule has 0 radical (unpaired) electrons. The molecule has 0 bridgehead atoms. The third kappa shape index (κ3) is 5.36. The van der Waals surface area contributed by atoms with E-state index in [2.05, 4.69) is 19.9 Å². The number of nitrogen functional groups attached to an aromatic ring is 1. The van der Waals surface area contributed by atoms with Crippen LogP contribution in [0.2, 0.25) is 0 Å². The lowest BCUT2D eigenvalue weighted by molar-refractivity contribution is -0.148. The van der Waals surface area contributed by atoms with Crippen molar-refractivity contribution in [1.29, 1.82) is 0 Å². The number of ether oxygens (including phenoxy) is 1. The van der Waals surface area contributed by atoms with E-state index in [-0.39, 0.29) is 30.6 Å². The molecule has 2 fully saturated rings. The second-order valence-corrected chi connectivity index (χ2v) is 9.96. The van der Waals surface area contributed by atoms with Crippen molar-refractivity contribution in [2.75, 3.05) is 38.5 Å². The van der Waals surface area contributed by atoms with Crippen LogP contribution in [0.4, 0.5) is 14.7 Å². The molecule has 5 rings (SSSR count). The molecule has 2 aliphatic heterocycles. The molecule has 0 spiro atoms. The Balaban J connectivity index is 1.21. The molecule has 2 saturated heterocycles. The Labute approximate surface area is 214 Å². The van der Waals surface area contributed by atoms with Crippen LogP contribution in [0, 0.1) is 5.82 Å². The fourth-order valence-corrected chi connectivity index (χ4v) is 5.29. The van der Waals surface area contributed by atoms with Gasteiger partial charge < -0.3 is 15.4 Å². The highest BCUT2D eigenvalue weighted by atomic mass is 19.1. The Bertz CT molecular complexity index is 1230. The van der Waals surface area contributed by atoms with E-state index < -0.39 is 11.6 Å². The van der Waals surface area contributed by atoms with Gasteiger partial charge in [-0.25, -0.2) is 18.7 Å². The number of anilines is 1. The summed E-state index contributed by atoms with van der Waals surface area (Å²) in [4.78, 5) is 29.5. The minimum absolute atomic E-state index is 0.0332. The average molecular weight is 514 g/mol. The Hall–Kier alpha value is -3.34. The van der Waals surface area contributed by atoms with Crippen LogP contribution in [0.25, 0.3) is 11.0 Å². The number of imidazole rings is 1. The van der Waals surface area contributed by atoms with E-state index in [1.165, 1.54) is 12.1 Å². The van der Waals surface area contributed by atoms with E-state index in [0.717, 1.165) is 17.5 Å². The molecule has 0 aliphatic carbocycles. The maximum absolute atomic E-state index is 15.8. The third-order valence-electron chi connectivity index (χ3n) is 7.33. The van der Waals surface area contributed by atoms with Gasteiger partial charge in [-0.3, -0.25) is 14.3 Å². The summed E-state index contributed by atoms with van der Waals surface area (Å²) in [7, 11) is 0. The zero-order valence-corrected chi connectivity index (χ0v) is 21.1. The summed E-state index contributed by atoms with van der Waals surface area (Å²) in [5.41, 5.74) is 5.95. The van der Waals surface area contributed by atoms with E-state index in [1.54, 1.807) is 23.4 Å². The fraction of sp³-hybridized carbons (Fsp3) is 0.538. The van der Waals surface area contributed by atoms with Crippen LogP contribution >= 0.6 is 0 Å². The van der Waals surface area contributed by atoms with Crippen molar-refractivity contribution in [3.63, 3.8) is 0 Å². The summed E-state index contributed by atoms with van der Waals surface area (Å²) in [5.74, 6) is -0.540. The van der Waals surface area contributed by atoms with Crippen molar-refractivity contribution in [3.8, 4) is 6.01 Å². The lowest BCUT2D eigenvalue weighted by Gasteiger charge is -2.40. The summed E-state index contributed by atoms with van der Waals surface area (Å²) in [5, 5.41) is 0. The summed E-state index contributed by atoms with van der Waals surface area (Å²) in [6.07, 6.45) is 5.80. The first-order chi connectivity index (χ1) is 17.9. The number of hydrogen-bond acceptors (Lipinski definition) is 7. The lowest BCUT2D eigenvalue weighted by Crippen LogP contribution is -2.53. The number of amides is 1. The quantitative estimate of drug-likeness (QED) is 0.516. The highest BCUT2D eigenvalue weighted by Crippen LogP contribution is 2.35. The molecule has 0 saturated carbocycles. The number of nitrogens with two attached hydrogens (primary N) is 1. The van der Waals surface area contributed by atoms with Crippen LogP contribution in [0.1, 0.15) is 50.6 Å². The van der Waals surface area contributed by atoms with E-state index in [4.69, 9.17) is 10.5 Å². The van der Waals surface area contributed by atoms with Crippen molar-refractivity contribution >= 4 is 22.9 Å². The number of nitrogens with zero attached hydrogens (tertiary/aromatic N) is 6. The van der Waals surface area contributed by atoms with Gasteiger partial charge in [-0.05, 0) is 31.4 Å². The number of carbonyl (C=O) groups is 1. The Kier molecular flexibility index (Phi) is 7.23. The zero-order valence-electron chi connectivity index (χ0n) is 21.1. The minimum atomic E-state index is -1.85. The molecule has 198 valence electrons. The molecule has 0 unspecified atom stereocenters. The number of benzene rings is 1. The normalized spacial score (nSPS) is 18.8. The Morgan fingerprint density at radius 2 is 1.86 bits per heavy atom. The van der Waals surface area contributed by atoms with E-state index in [1.807, 2.05) is 11.5 Å². The SMILES string of the molecule is CCCOc1nc2cc(F)ccc2n1C1CCN(C(=O)C2(F)CCN(Cc3cnc(N)nc3)CC2)CC1. The monoisotopic (exact) mass is 513 g/mol. The molecule has 9 nitrogen and oxygen atoms in total. The van der Waals surface area contributed by atoms with Gasteiger partial charge in [0.25, 0.3) is 11.9 Å². The second kappa shape index (κ2) is 10.6. The molecule has 2 aliphatic rings. The number of fused-ring (bicyclic) bond motifs is 1. The number of halogens is 2. The number of hydrogen-bond donors (Lipinski definition) is 1. The van der Waals surface area contributed by atoms with Crippen molar-refractivity contribution in [2.24, 2.45) is 0 Å². The number of likely N-dealkylation sites (tertiary alicyclic amines) is 2. The first-order valence-corrected chi connectivity index (χ1v) is 12.9. The van der Waals surface area contributed by atoms with Gasteiger partial charge in [-0.15, -0.1) is 0 Å². The Morgan fingerprint density at radius 3 is 2.54 bits per heavy atom. The molecule has 37 heavy (non-hydrogen) atoms. The second-order valence-electron chi connectivity index (χ2n) is 9.96.